The fourth-order valence-corrected chi connectivity index (χ4v) is 2.35. The van der Waals surface area contributed by atoms with Crippen molar-refractivity contribution in [3.63, 3.8) is 0 Å². The molecule has 1 aromatic rings. The van der Waals surface area contributed by atoms with Crippen LogP contribution in [0.25, 0.3) is 0 Å². The number of hydrogen-bond donors (Lipinski definition) is 2. The molecule has 0 fully saturated rings. The summed E-state index contributed by atoms with van der Waals surface area (Å²) in [5.74, 6) is -1.30. The molecule has 2 N–H and O–H groups in total. The predicted octanol–water partition coefficient (Wildman–Crippen LogP) is 2.73. The molecule has 0 aliphatic carbocycles. The van der Waals surface area contributed by atoms with Crippen molar-refractivity contribution in [2.45, 2.75) is 6.18 Å². The Morgan fingerprint density at radius 2 is 2.05 bits per heavy atom. The van der Waals surface area contributed by atoms with Crippen LogP contribution in [0.5, 0.6) is 0 Å². The Bertz CT molecular complexity index is 610. The molecule has 2 rings (SSSR count). The van der Waals surface area contributed by atoms with Gasteiger partial charge in [-0.25, -0.2) is 0 Å². The van der Waals surface area contributed by atoms with Crippen LogP contribution in [-0.4, -0.2) is 21.9 Å². The third kappa shape index (κ3) is 2.96. The highest BCUT2D eigenvalue weighted by Gasteiger charge is 2.32. The molecule has 0 aromatic heterocycles. The van der Waals surface area contributed by atoms with Gasteiger partial charge in [-0.3, -0.25) is 9.59 Å². The van der Waals surface area contributed by atoms with E-state index >= 15 is 0 Å². The third-order valence-electron chi connectivity index (χ3n) is 2.51. The number of carbonyl (C=O) groups excluding carboxylic acids is 2. The van der Waals surface area contributed by atoms with Gasteiger partial charge < -0.3 is 10.4 Å². The molecular formula is C12H8F3NO3S. The standard InChI is InChI=1S/C12H8F3NO3S/c13-12(14,15)6-2-1-3-7(4-6)16-10(18)9-8(17)5-20-11(9)19/h1-4,17H,5H2,(H,16,18). The van der Waals surface area contributed by atoms with Crippen molar-refractivity contribution in [1.29, 1.82) is 0 Å². The lowest BCUT2D eigenvalue weighted by Gasteiger charge is -2.09. The van der Waals surface area contributed by atoms with Gasteiger partial charge >= 0.3 is 6.18 Å². The summed E-state index contributed by atoms with van der Waals surface area (Å²) in [6.07, 6.45) is -4.53. The van der Waals surface area contributed by atoms with Crippen LogP contribution < -0.4 is 5.32 Å². The molecule has 0 spiro atoms. The summed E-state index contributed by atoms with van der Waals surface area (Å²) >= 11 is 0.756. The van der Waals surface area contributed by atoms with Crippen molar-refractivity contribution in [3.05, 3.63) is 41.2 Å². The minimum Gasteiger partial charge on any atom is -0.510 e. The van der Waals surface area contributed by atoms with Crippen molar-refractivity contribution in [1.82, 2.24) is 0 Å². The topological polar surface area (TPSA) is 66.4 Å². The Kier molecular flexibility index (Phi) is 3.76. The quantitative estimate of drug-likeness (QED) is 0.824. The maximum atomic E-state index is 12.5. The summed E-state index contributed by atoms with van der Waals surface area (Å²) in [6, 6.07) is 4.01. The van der Waals surface area contributed by atoms with Gasteiger partial charge in [0.25, 0.3) is 5.91 Å². The number of benzene rings is 1. The van der Waals surface area contributed by atoms with E-state index in [1.54, 1.807) is 0 Å². The largest absolute Gasteiger partial charge is 0.510 e. The Balaban J connectivity index is 2.21. The molecule has 1 aliphatic heterocycles. The van der Waals surface area contributed by atoms with E-state index in [1.807, 2.05) is 0 Å². The Labute approximate surface area is 115 Å². The molecule has 4 nitrogen and oxygen atoms in total. The maximum absolute atomic E-state index is 12.5. The fourth-order valence-electron chi connectivity index (χ4n) is 1.59. The van der Waals surface area contributed by atoms with Gasteiger partial charge in [0.15, 0.2) is 0 Å². The number of hydrogen-bond acceptors (Lipinski definition) is 4. The summed E-state index contributed by atoms with van der Waals surface area (Å²) in [5.41, 5.74) is -1.44. The molecule has 20 heavy (non-hydrogen) atoms. The number of halogens is 3. The number of amides is 1. The molecule has 1 amide bonds. The summed E-state index contributed by atoms with van der Waals surface area (Å²) in [7, 11) is 0. The molecule has 0 bridgehead atoms. The summed E-state index contributed by atoms with van der Waals surface area (Å²) in [4.78, 5) is 23.1. The zero-order valence-electron chi connectivity index (χ0n) is 9.82. The molecule has 1 aliphatic rings. The summed E-state index contributed by atoms with van der Waals surface area (Å²) in [6.45, 7) is 0. The zero-order valence-corrected chi connectivity index (χ0v) is 10.6. The first-order valence-corrected chi connectivity index (χ1v) is 6.35. The third-order valence-corrected chi connectivity index (χ3v) is 3.39. The molecule has 0 unspecified atom stereocenters. The molecule has 0 saturated heterocycles. The highest BCUT2D eigenvalue weighted by Crippen LogP contribution is 2.31. The predicted molar refractivity (Wildman–Crippen MR) is 67.2 cm³/mol. The van der Waals surface area contributed by atoms with Crippen molar-refractivity contribution in [2.24, 2.45) is 0 Å². The molecule has 0 atom stereocenters. The Morgan fingerprint density at radius 3 is 2.60 bits per heavy atom. The van der Waals surface area contributed by atoms with Crippen LogP contribution in [0.15, 0.2) is 35.6 Å². The highest BCUT2D eigenvalue weighted by molar-refractivity contribution is 8.14. The minimum atomic E-state index is -4.53. The normalized spacial score (nSPS) is 15.7. The Morgan fingerprint density at radius 1 is 1.35 bits per heavy atom. The lowest BCUT2D eigenvalue weighted by molar-refractivity contribution is -0.137. The maximum Gasteiger partial charge on any atom is 0.416 e. The van der Waals surface area contributed by atoms with Crippen LogP contribution in [0.4, 0.5) is 18.9 Å². The van der Waals surface area contributed by atoms with Gasteiger partial charge in [0, 0.05) is 5.69 Å². The smallest absolute Gasteiger partial charge is 0.416 e. The first-order valence-electron chi connectivity index (χ1n) is 5.37. The van der Waals surface area contributed by atoms with Crippen LogP contribution >= 0.6 is 11.8 Å². The number of aliphatic hydroxyl groups excluding tert-OH is 1. The van der Waals surface area contributed by atoms with E-state index in [9.17, 15) is 27.9 Å². The lowest BCUT2D eigenvalue weighted by atomic mass is 10.2. The van der Waals surface area contributed by atoms with Gasteiger partial charge in [-0.2, -0.15) is 13.2 Å². The zero-order chi connectivity index (χ0) is 14.9. The monoisotopic (exact) mass is 303 g/mol. The highest BCUT2D eigenvalue weighted by atomic mass is 32.2. The van der Waals surface area contributed by atoms with E-state index in [4.69, 9.17) is 0 Å². The van der Waals surface area contributed by atoms with Crippen LogP contribution in [0.3, 0.4) is 0 Å². The van der Waals surface area contributed by atoms with E-state index in [1.165, 1.54) is 6.07 Å². The van der Waals surface area contributed by atoms with E-state index in [0.717, 1.165) is 30.0 Å². The van der Waals surface area contributed by atoms with Crippen LogP contribution in [0.2, 0.25) is 0 Å². The van der Waals surface area contributed by atoms with Gasteiger partial charge in [0.2, 0.25) is 5.12 Å². The van der Waals surface area contributed by atoms with Crippen LogP contribution in [0, 0.1) is 0 Å². The number of nitrogens with one attached hydrogen (secondary N) is 1. The van der Waals surface area contributed by atoms with Crippen molar-refractivity contribution < 1.29 is 27.9 Å². The number of carbonyl (C=O) groups is 2. The lowest BCUT2D eigenvalue weighted by Crippen LogP contribution is -2.18. The molecule has 0 saturated carbocycles. The molecule has 0 radical (unpaired) electrons. The van der Waals surface area contributed by atoms with Crippen molar-refractivity contribution >= 4 is 28.5 Å². The second kappa shape index (κ2) is 5.20. The van der Waals surface area contributed by atoms with E-state index in [2.05, 4.69) is 5.32 Å². The first kappa shape index (κ1) is 14.4. The number of anilines is 1. The van der Waals surface area contributed by atoms with Gasteiger partial charge in [-0.15, -0.1) is 0 Å². The van der Waals surface area contributed by atoms with Gasteiger partial charge in [0.05, 0.1) is 11.3 Å². The minimum absolute atomic E-state index is 0.00974. The van der Waals surface area contributed by atoms with Crippen molar-refractivity contribution in [2.75, 3.05) is 11.1 Å². The number of thioether (sulfide) groups is 1. The van der Waals surface area contributed by atoms with Crippen LogP contribution in [0.1, 0.15) is 5.56 Å². The van der Waals surface area contributed by atoms with E-state index < -0.39 is 28.3 Å². The number of aliphatic hydroxyl groups is 1. The summed E-state index contributed by atoms with van der Waals surface area (Å²) < 4.78 is 37.5. The fraction of sp³-hybridized carbons (Fsp3) is 0.167. The molecular weight excluding hydrogens is 295 g/mol. The second-order valence-corrected chi connectivity index (χ2v) is 4.88. The van der Waals surface area contributed by atoms with E-state index in [-0.39, 0.29) is 17.2 Å². The SMILES string of the molecule is O=C(Nc1cccc(C(F)(F)F)c1)C1=C(O)CSC1=O. The number of alkyl halides is 3. The Hall–Kier alpha value is -1.96. The molecule has 106 valence electrons. The van der Waals surface area contributed by atoms with E-state index in [0.29, 0.717) is 0 Å². The molecule has 8 heteroatoms. The average Bonchev–Trinajstić information content (AvgIpc) is 2.68. The van der Waals surface area contributed by atoms with Gasteiger partial charge in [-0.05, 0) is 18.2 Å². The molecule has 1 aromatic carbocycles. The first-order chi connectivity index (χ1) is 9.29. The van der Waals surface area contributed by atoms with Gasteiger partial charge in [0.1, 0.15) is 11.3 Å². The summed E-state index contributed by atoms with van der Waals surface area (Å²) in [5, 5.41) is 11.0. The van der Waals surface area contributed by atoms with Crippen molar-refractivity contribution in [3.8, 4) is 0 Å². The van der Waals surface area contributed by atoms with Gasteiger partial charge in [-0.1, -0.05) is 17.8 Å². The van der Waals surface area contributed by atoms with Crippen LogP contribution in [-0.2, 0) is 15.8 Å². The molecule has 1 heterocycles. The average molecular weight is 303 g/mol. The number of rotatable bonds is 2. The second-order valence-electron chi connectivity index (χ2n) is 3.93.